The quantitative estimate of drug-likeness (QED) is 0.584. The van der Waals surface area contributed by atoms with Crippen LogP contribution in [0.25, 0.3) is 0 Å². The first-order valence-electron chi connectivity index (χ1n) is 7.68. The minimum atomic E-state index is -0.238. The zero-order chi connectivity index (χ0) is 16.2. The largest absolute Gasteiger partial charge is 0.207 e. The molecule has 0 nitrogen and oxygen atoms in total. The molecule has 0 saturated heterocycles. The second-order valence-corrected chi connectivity index (χ2v) is 5.85. The number of halogens is 2. The summed E-state index contributed by atoms with van der Waals surface area (Å²) in [4.78, 5) is 0. The third-order valence-electron chi connectivity index (χ3n) is 4.11. The second-order valence-electron chi connectivity index (χ2n) is 5.85. The molecule has 0 N–H and O–H groups in total. The number of benzene rings is 3. The van der Waals surface area contributed by atoms with Crippen molar-refractivity contribution in [1.82, 2.24) is 0 Å². The van der Waals surface area contributed by atoms with Gasteiger partial charge in [-0.15, -0.1) is 0 Å². The molecule has 0 aliphatic carbocycles. The summed E-state index contributed by atoms with van der Waals surface area (Å²) in [5, 5.41) is 0. The van der Waals surface area contributed by atoms with Crippen LogP contribution in [0.15, 0.2) is 72.8 Å². The molecule has 0 saturated carbocycles. The molecular formula is C21H18F2. The van der Waals surface area contributed by atoms with Crippen LogP contribution in [0, 0.1) is 18.6 Å². The Balaban J connectivity index is 1.97. The lowest BCUT2D eigenvalue weighted by Crippen LogP contribution is -2.05. The van der Waals surface area contributed by atoms with E-state index >= 15 is 0 Å². The molecule has 0 aliphatic heterocycles. The van der Waals surface area contributed by atoms with Crippen LogP contribution in [0.2, 0.25) is 0 Å². The van der Waals surface area contributed by atoms with Gasteiger partial charge >= 0.3 is 0 Å². The summed E-state index contributed by atoms with van der Waals surface area (Å²) in [5.74, 6) is -0.359. The highest BCUT2D eigenvalue weighted by atomic mass is 19.1. The lowest BCUT2D eigenvalue weighted by Gasteiger charge is -2.19. The molecular weight excluding hydrogens is 290 g/mol. The van der Waals surface area contributed by atoms with E-state index in [1.54, 1.807) is 12.1 Å². The summed E-state index contributed by atoms with van der Waals surface area (Å²) in [7, 11) is 0. The molecule has 1 atom stereocenters. The van der Waals surface area contributed by atoms with Gasteiger partial charge in [-0.2, -0.15) is 0 Å². The third-order valence-corrected chi connectivity index (χ3v) is 4.11. The minimum absolute atomic E-state index is 0.113. The van der Waals surface area contributed by atoms with Crippen LogP contribution in [-0.2, 0) is 6.42 Å². The zero-order valence-electron chi connectivity index (χ0n) is 13.0. The van der Waals surface area contributed by atoms with E-state index in [-0.39, 0.29) is 17.6 Å². The molecule has 0 aliphatic rings. The van der Waals surface area contributed by atoms with Crippen LogP contribution < -0.4 is 0 Å². The van der Waals surface area contributed by atoms with Gasteiger partial charge in [0.05, 0.1) is 0 Å². The Morgan fingerprint density at radius 1 is 0.652 bits per heavy atom. The topological polar surface area (TPSA) is 0 Å². The molecule has 1 unspecified atom stereocenters. The van der Waals surface area contributed by atoms with Crippen molar-refractivity contribution in [2.75, 3.05) is 0 Å². The average Bonchev–Trinajstić information content (AvgIpc) is 2.56. The normalized spacial score (nSPS) is 12.1. The summed E-state index contributed by atoms with van der Waals surface area (Å²) < 4.78 is 26.4. The summed E-state index contributed by atoms with van der Waals surface area (Å²) in [6, 6.07) is 21.6. The Hall–Kier alpha value is -2.48. The fourth-order valence-corrected chi connectivity index (χ4v) is 2.78. The van der Waals surface area contributed by atoms with Crippen molar-refractivity contribution in [3.8, 4) is 0 Å². The van der Waals surface area contributed by atoms with Crippen molar-refractivity contribution in [3.63, 3.8) is 0 Å². The summed E-state index contributed by atoms with van der Waals surface area (Å²) in [6.45, 7) is 2.05. The number of hydrogen-bond acceptors (Lipinski definition) is 0. The molecule has 2 heteroatoms. The molecule has 0 radical (unpaired) electrons. The van der Waals surface area contributed by atoms with Crippen LogP contribution >= 0.6 is 0 Å². The maximum Gasteiger partial charge on any atom is 0.123 e. The van der Waals surface area contributed by atoms with Gasteiger partial charge in [-0.1, -0.05) is 54.1 Å². The van der Waals surface area contributed by atoms with Gasteiger partial charge < -0.3 is 0 Å². The van der Waals surface area contributed by atoms with Crippen molar-refractivity contribution >= 4 is 0 Å². The van der Waals surface area contributed by atoms with Crippen LogP contribution in [-0.4, -0.2) is 0 Å². The van der Waals surface area contributed by atoms with Gasteiger partial charge in [0.2, 0.25) is 0 Å². The molecule has 0 heterocycles. The number of hydrogen-bond donors (Lipinski definition) is 0. The monoisotopic (exact) mass is 308 g/mol. The molecule has 0 bridgehead atoms. The number of aryl methyl sites for hydroxylation is 1. The van der Waals surface area contributed by atoms with Gasteiger partial charge in [-0.3, -0.25) is 0 Å². The molecule has 0 aromatic heterocycles. The zero-order valence-corrected chi connectivity index (χ0v) is 13.0. The van der Waals surface area contributed by atoms with Crippen molar-refractivity contribution in [2.24, 2.45) is 0 Å². The maximum atomic E-state index is 13.2. The summed E-state index contributed by atoms with van der Waals surface area (Å²) >= 11 is 0. The first kappa shape index (κ1) is 15.4. The van der Waals surface area contributed by atoms with Crippen LogP contribution in [0.1, 0.15) is 28.2 Å². The van der Waals surface area contributed by atoms with Crippen molar-refractivity contribution in [3.05, 3.63) is 107 Å². The van der Waals surface area contributed by atoms with Gasteiger partial charge in [0.25, 0.3) is 0 Å². The van der Waals surface area contributed by atoms with E-state index in [9.17, 15) is 8.78 Å². The fraction of sp³-hybridized carbons (Fsp3) is 0.143. The summed E-state index contributed by atoms with van der Waals surface area (Å²) in [5.41, 5.74) is 4.49. The van der Waals surface area contributed by atoms with E-state index < -0.39 is 0 Å². The van der Waals surface area contributed by atoms with E-state index in [1.807, 2.05) is 12.1 Å². The number of rotatable bonds is 4. The Kier molecular flexibility index (Phi) is 4.52. The molecule has 3 aromatic rings. The fourth-order valence-electron chi connectivity index (χ4n) is 2.78. The highest BCUT2D eigenvalue weighted by Gasteiger charge is 2.15. The smallest absolute Gasteiger partial charge is 0.123 e. The minimum Gasteiger partial charge on any atom is -0.207 e. The molecule has 0 amide bonds. The van der Waals surface area contributed by atoms with Gasteiger partial charge in [0.1, 0.15) is 11.6 Å². The first-order valence-corrected chi connectivity index (χ1v) is 7.68. The Morgan fingerprint density at radius 3 is 1.61 bits per heavy atom. The molecule has 0 spiro atoms. The van der Waals surface area contributed by atoms with Gasteiger partial charge in [-0.25, -0.2) is 8.78 Å². The van der Waals surface area contributed by atoms with Gasteiger partial charge in [-0.05, 0) is 54.3 Å². The SMILES string of the molecule is Cc1ccc(C(Cc2ccc(F)cc2)c2ccc(F)cc2)cc1. The van der Waals surface area contributed by atoms with E-state index in [2.05, 4.69) is 31.2 Å². The van der Waals surface area contributed by atoms with E-state index in [4.69, 9.17) is 0 Å². The van der Waals surface area contributed by atoms with Crippen molar-refractivity contribution < 1.29 is 8.78 Å². The molecule has 23 heavy (non-hydrogen) atoms. The van der Waals surface area contributed by atoms with Gasteiger partial charge in [0.15, 0.2) is 0 Å². The highest BCUT2D eigenvalue weighted by molar-refractivity contribution is 5.36. The Bertz CT molecular complexity index is 711. The molecule has 3 aromatic carbocycles. The highest BCUT2D eigenvalue weighted by Crippen LogP contribution is 2.29. The standard InChI is InChI=1S/C21H18F2/c1-15-2-6-17(7-3-15)21(18-8-12-20(23)13-9-18)14-16-4-10-19(22)11-5-16/h2-13,21H,14H2,1H3. The van der Waals surface area contributed by atoms with Crippen LogP contribution in [0.4, 0.5) is 8.78 Å². The van der Waals surface area contributed by atoms with Crippen LogP contribution in [0.5, 0.6) is 0 Å². The predicted octanol–water partition coefficient (Wildman–Crippen LogP) is 5.65. The molecule has 116 valence electrons. The van der Waals surface area contributed by atoms with Crippen molar-refractivity contribution in [1.29, 1.82) is 0 Å². The lowest BCUT2D eigenvalue weighted by atomic mass is 9.85. The Labute approximate surface area is 135 Å². The van der Waals surface area contributed by atoms with E-state index in [0.29, 0.717) is 0 Å². The second kappa shape index (κ2) is 6.74. The van der Waals surface area contributed by atoms with Crippen LogP contribution in [0.3, 0.4) is 0 Å². The average molecular weight is 308 g/mol. The van der Waals surface area contributed by atoms with Gasteiger partial charge in [0, 0.05) is 5.92 Å². The summed E-state index contributed by atoms with van der Waals surface area (Å²) in [6.07, 6.45) is 0.745. The predicted molar refractivity (Wildman–Crippen MR) is 89.5 cm³/mol. The third kappa shape index (κ3) is 3.84. The van der Waals surface area contributed by atoms with E-state index in [0.717, 1.165) is 17.5 Å². The van der Waals surface area contributed by atoms with Crippen molar-refractivity contribution in [2.45, 2.75) is 19.3 Å². The maximum absolute atomic E-state index is 13.2. The lowest BCUT2D eigenvalue weighted by molar-refractivity contribution is 0.624. The first-order chi connectivity index (χ1) is 11.1. The Morgan fingerprint density at radius 2 is 1.09 bits per heavy atom. The molecule has 0 fully saturated rings. The molecule has 3 rings (SSSR count). The van der Waals surface area contributed by atoms with E-state index in [1.165, 1.54) is 35.4 Å².